The van der Waals surface area contributed by atoms with E-state index in [1.54, 1.807) is 16.6 Å². The van der Waals surface area contributed by atoms with Crippen LogP contribution in [-0.4, -0.2) is 37.8 Å². The van der Waals surface area contributed by atoms with Crippen molar-refractivity contribution in [1.29, 1.82) is 0 Å². The number of H-pyrrole nitrogens is 1. The number of aromatic nitrogens is 1. The monoisotopic (exact) mass is 271 g/mol. The highest BCUT2D eigenvalue weighted by Gasteiger charge is 2.25. The highest BCUT2D eigenvalue weighted by Crippen LogP contribution is 2.20. The van der Waals surface area contributed by atoms with Crippen molar-refractivity contribution >= 4 is 10.0 Å². The second-order valence-corrected chi connectivity index (χ2v) is 6.65. The van der Waals surface area contributed by atoms with Crippen LogP contribution in [0, 0.1) is 0 Å². The van der Waals surface area contributed by atoms with Crippen molar-refractivity contribution in [2.24, 2.45) is 0 Å². The quantitative estimate of drug-likeness (QED) is 0.867. The van der Waals surface area contributed by atoms with Crippen molar-refractivity contribution in [2.75, 3.05) is 20.1 Å². The average Bonchev–Trinajstić information content (AvgIpc) is 2.65. The number of aromatic amines is 1. The molecule has 0 atom stereocenters. The highest BCUT2D eigenvalue weighted by molar-refractivity contribution is 7.89. The Kier molecular flexibility index (Phi) is 4.42. The molecule has 0 aliphatic carbocycles. The fourth-order valence-corrected chi connectivity index (χ4v) is 3.83. The molecule has 1 aromatic rings. The average molecular weight is 271 g/mol. The van der Waals surface area contributed by atoms with Crippen LogP contribution in [0.5, 0.6) is 0 Å². The maximum atomic E-state index is 12.4. The van der Waals surface area contributed by atoms with Gasteiger partial charge in [-0.05, 0) is 26.0 Å². The zero-order valence-electron chi connectivity index (χ0n) is 10.8. The van der Waals surface area contributed by atoms with E-state index in [9.17, 15) is 8.42 Å². The van der Waals surface area contributed by atoms with Crippen LogP contribution in [0.15, 0.2) is 17.2 Å². The van der Waals surface area contributed by atoms with Crippen molar-refractivity contribution in [3.63, 3.8) is 0 Å². The second kappa shape index (κ2) is 5.86. The van der Waals surface area contributed by atoms with Gasteiger partial charge in [0.25, 0.3) is 0 Å². The summed E-state index contributed by atoms with van der Waals surface area (Å²) in [4.78, 5) is 3.38. The summed E-state index contributed by atoms with van der Waals surface area (Å²) in [7, 11) is -1.47. The number of nitrogens with one attached hydrogen (secondary N) is 2. The molecule has 18 heavy (non-hydrogen) atoms. The number of rotatable bonds is 4. The Labute approximate surface area is 109 Å². The SMILES string of the molecule is CNCc1cc(S(=O)(=O)N2CCCCCC2)c[nH]1. The highest BCUT2D eigenvalue weighted by atomic mass is 32.2. The number of sulfonamides is 1. The van der Waals surface area contributed by atoms with E-state index in [-0.39, 0.29) is 0 Å². The Hall–Kier alpha value is -0.850. The third-order valence-corrected chi connectivity index (χ3v) is 5.16. The molecule has 5 nitrogen and oxygen atoms in total. The summed E-state index contributed by atoms with van der Waals surface area (Å²) in [6.07, 6.45) is 5.78. The van der Waals surface area contributed by atoms with Crippen LogP contribution in [0.1, 0.15) is 31.4 Å². The van der Waals surface area contributed by atoms with Gasteiger partial charge in [0.15, 0.2) is 0 Å². The number of hydrogen-bond acceptors (Lipinski definition) is 3. The van der Waals surface area contributed by atoms with Gasteiger partial charge in [0.2, 0.25) is 10.0 Å². The van der Waals surface area contributed by atoms with Gasteiger partial charge in [0.1, 0.15) is 0 Å². The molecular weight excluding hydrogens is 250 g/mol. The van der Waals surface area contributed by atoms with Gasteiger partial charge in [-0.1, -0.05) is 12.8 Å². The van der Waals surface area contributed by atoms with Crippen LogP contribution in [0.3, 0.4) is 0 Å². The van der Waals surface area contributed by atoms with E-state index in [4.69, 9.17) is 0 Å². The van der Waals surface area contributed by atoms with Crippen molar-refractivity contribution in [3.8, 4) is 0 Å². The van der Waals surface area contributed by atoms with Crippen LogP contribution < -0.4 is 5.32 Å². The third kappa shape index (κ3) is 2.93. The summed E-state index contributed by atoms with van der Waals surface area (Å²) < 4.78 is 26.5. The summed E-state index contributed by atoms with van der Waals surface area (Å²) in [5, 5.41) is 3.00. The molecule has 1 fully saturated rings. The molecule has 2 rings (SSSR count). The van der Waals surface area contributed by atoms with Gasteiger partial charge in [-0.25, -0.2) is 8.42 Å². The lowest BCUT2D eigenvalue weighted by Crippen LogP contribution is -2.31. The topological polar surface area (TPSA) is 65.2 Å². The largest absolute Gasteiger partial charge is 0.363 e. The Morgan fingerprint density at radius 3 is 2.56 bits per heavy atom. The van der Waals surface area contributed by atoms with Gasteiger partial charge in [-0.2, -0.15) is 4.31 Å². The van der Waals surface area contributed by atoms with E-state index in [1.165, 1.54) is 0 Å². The van der Waals surface area contributed by atoms with Gasteiger partial charge in [-0.3, -0.25) is 0 Å². The fraction of sp³-hybridized carbons (Fsp3) is 0.667. The Morgan fingerprint density at radius 1 is 1.28 bits per heavy atom. The first-order valence-electron chi connectivity index (χ1n) is 6.46. The molecular formula is C12H21N3O2S. The summed E-state index contributed by atoms with van der Waals surface area (Å²) in [5.74, 6) is 0. The third-order valence-electron chi connectivity index (χ3n) is 3.29. The molecule has 1 aliphatic rings. The van der Waals surface area contributed by atoms with Gasteiger partial charge >= 0.3 is 0 Å². The number of nitrogens with zero attached hydrogens (tertiary/aromatic N) is 1. The second-order valence-electron chi connectivity index (χ2n) is 4.71. The lowest BCUT2D eigenvalue weighted by molar-refractivity contribution is 0.424. The first-order chi connectivity index (χ1) is 8.64. The van der Waals surface area contributed by atoms with Crippen LogP contribution in [0.4, 0.5) is 0 Å². The number of hydrogen-bond donors (Lipinski definition) is 2. The molecule has 2 N–H and O–H groups in total. The van der Waals surface area contributed by atoms with Crippen LogP contribution in [0.25, 0.3) is 0 Å². The van der Waals surface area contributed by atoms with Crippen molar-refractivity contribution in [1.82, 2.24) is 14.6 Å². The van der Waals surface area contributed by atoms with Gasteiger partial charge in [0.05, 0.1) is 4.90 Å². The van der Waals surface area contributed by atoms with Gasteiger partial charge in [0, 0.05) is 31.5 Å². The minimum absolute atomic E-state index is 0.384. The molecule has 1 saturated heterocycles. The van der Waals surface area contributed by atoms with Gasteiger partial charge in [-0.15, -0.1) is 0 Å². The Balaban J connectivity index is 2.17. The van der Waals surface area contributed by atoms with E-state index in [0.717, 1.165) is 31.4 Å². The maximum Gasteiger partial charge on any atom is 0.244 e. The van der Waals surface area contributed by atoms with Crippen molar-refractivity contribution in [2.45, 2.75) is 37.1 Å². The molecule has 1 aromatic heterocycles. The first kappa shape index (κ1) is 13.6. The summed E-state index contributed by atoms with van der Waals surface area (Å²) >= 11 is 0. The van der Waals surface area contributed by atoms with Crippen molar-refractivity contribution in [3.05, 3.63) is 18.0 Å². The first-order valence-corrected chi connectivity index (χ1v) is 7.90. The zero-order chi connectivity index (χ0) is 13.0. The Morgan fingerprint density at radius 2 is 1.94 bits per heavy atom. The minimum Gasteiger partial charge on any atom is -0.363 e. The van der Waals surface area contributed by atoms with E-state index < -0.39 is 10.0 Å². The molecule has 2 heterocycles. The summed E-state index contributed by atoms with van der Waals surface area (Å²) in [6, 6.07) is 1.72. The van der Waals surface area contributed by atoms with Gasteiger partial charge < -0.3 is 10.3 Å². The summed E-state index contributed by atoms with van der Waals surface area (Å²) in [5.41, 5.74) is 0.894. The van der Waals surface area contributed by atoms with Crippen molar-refractivity contribution < 1.29 is 8.42 Å². The molecule has 0 amide bonds. The standard InChI is InChI=1S/C12H21N3O2S/c1-13-9-11-8-12(10-14-11)18(16,17)15-6-4-2-3-5-7-15/h8,10,13-14H,2-7,9H2,1H3. The van der Waals surface area contributed by atoms with E-state index in [1.807, 2.05) is 7.05 Å². The molecule has 102 valence electrons. The van der Waals surface area contributed by atoms with Crippen LogP contribution in [0.2, 0.25) is 0 Å². The van der Waals surface area contributed by atoms with E-state index >= 15 is 0 Å². The summed E-state index contributed by atoms with van der Waals surface area (Å²) in [6.45, 7) is 1.94. The molecule has 0 spiro atoms. The molecule has 0 aromatic carbocycles. The molecule has 6 heteroatoms. The molecule has 0 radical (unpaired) electrons. The van der Waals surface area contributed by atoms with Crippen LogP contribution in [-0.2, 0) is 16.6 Å². The maximum absolute atomic E-state index is 12.4. The van der Waals surface area contributed by atoms with E-state index in [2.05, 4.69) is 10.3 Å². The van der Waals surface area contributed by atoms with Crippen LogP contribution >= 0.6 is 0 Å². The predicted octanol–water partition coefficient (Wildman–Crippen LogP) is 1.30. The smallest absolute Gasteiger partial charge is 0.244 e. The van der Waals surface area contributed by atoms with E-state index in [0.29, 0.717) is 24.5 Å². The minimum atomic E-state index is -3.31. The molecule has 0 bridgehead atoms. The molecule has 0 saturated carbocycles. The lowest BCUT2D eigenvalue weighted by atomic mass is 10.2. The molecule has 1 aliphatic heterocycles. The molecule has 0 unspecified atom stereocenters. The zero-order valence-corrected chi connectivity index (χ0v) is 11.6. The predicted molar refractivity (Wildman–Crippen MR) is 70.8 cm³/mol. The fourth-order valence-electron chi connectivity index (χ4n) is 2.29. The Bertz CT molecular complexity index is 473. The normalized spacial score (nSPS) is 18.7. The lowest BCUT2D eigenvalue weighted by Gasteiger charge is -2.18.